The zero-order chi connectivity index (χ0) is 17.2. The quantitative estimate of drug-likeness (QED) is 0.679. The summed E-state index contributed by atoms with van der Waals surface area (Å²) < 4.78 is 0. The van der Waals surface area contributed by atoms with Gasteiger partial charge in [-0.1, -0.05) is 44.2 Å². The molecule has 1 saturated carbocycles. The average molecular weight is 331 g/mol. The molecule has 0 aromatic heterocycles. The summed E-state index contributed by atoms with van der Waals surface area (Å²) in [4.78, 5) is 24.1. The molecule has 2 rings (SSSR count). The first-order valence-electron chi connectivity index (χ1n) is 9.08. The highest BCUT2D eigenvalue weighted by atomic mass is 16.2. The predicted octanol–water partition coefficient (Wildman–Crippen LogP) is 3.66. The Morgan fingerprint density at radius 1 is 0.958 bits per heavy atom. The van der Waals surface area contributed by atoms with Crippen molar-refractivity contribution in [2.75, 3.05) is 17.2 Å². The number of anilines is 2. The van der Waals surface area contributed by atoms with Crippen LogP contribution in [0.5, 0.6) is 0 Å². The average Bonchev–Trinajstić information content (AvgIpc) is 2.61. The number of nitrogens with two attached hydrogens (primary N) is 1. The van der Waals surface area contributed by atoms with E-state index in [2.05, 4.69) is 10.6 Å². The molecule has 0 atom stereocenters. The molecule has 0 unspecified atom stereocenters. The minimum Gasteiger partial charge on any atom is -0.330 e. The maximum absolute atomic E-state index is 12.2. The number of hydrogen-bond acceptors (Lipinski definition) is 3. The van der Waals surface area contributed by atoms with E-state index in [4.69, 9.17) is 5.73 Å². The summed E-state index contributed by atoms with van der Waals surface area (Å²) in [5.74, 6) is 0.629. The molecule has 4 N–H and O–H groups in total. The van der Waals surface area contributed by atoms with Gasteiger partial charge in [0.15, 0.2) is 0 Å². The van der Waals surface area contributed by atoms with Gasteiger partial charge >= 0.3 is 0 Å². The maximum Gasteiger partial charge on any atom is 0.224 e. The summed E-state index contributed by atoms with van der Waals surface area (Å²) in [6, 6.07) is 7.32. The zero-order valence-electron chi connectivity index (χ0n) is 14.4. The van der Waals surface area contributed by atoms with Gasteiger partial charge in [0.05, 0.1) is 11.4 Å². The highest BCUT2D eigenvalue weighted by Crippen LogP contribution is 2.28. The van der Waals surface area contributed by atoms with Crippen molar-refractivity contribution in [1.29, 1.82) is 0 Å². The van der Waals surface area contributed by atoms with E-state index in [1.54, 1.807) is 6.07 Å². The molecule has 5 heteroatoms. The van der Waals surface area contributed by atoms with Crippen LogP contribution in [-0.2, 0) is 9.59 Å². The molecule has 5 nitrogen and oxygen atoms in total. The normalized spacial score (nSPS) is 15.0. The number of benzene rings is 1. The Morgan fingerprint density at radius 2 is 1.54 bits per heavy atom. The minimum absolute atomic E-state index is 0.0178. The van der Waals surface area contributed by atoms with Gasteiger partial charge in [0.25, 0.3) is 0 Å². The zero-order valence-corrected chi connectivity index (χ0v) is 14.4. The lowest BCUT2D eigenvalue weighted by molar-refractivity contribution is -0.117. The first-order chi connectivity index (χ1) is 11.7. The summed E-state index contributed by atoms with van der Waals surface area (Å²) in [7, 11) is 0. The lowest BCUT2D eigenvalue weighted by atomic mass is 9.86. The minimum atomic E-state index is -0.0793. The molecule has 0 radical (unpaired) electrons. The van der Waals surface area contributed by atoms with Crippen LogP contribution in [-0.4, -0.2) is 18.4 Å². The van der Waals surface area contributed by atoms with Crippen LogP contribution in [0.15, 0.2) is 24.3 Å². The second kappa shape index (κ2) is 10.1. The molecule has 0 heterocycles. The second-order valence-electron chi connectivity index (χ2n) is 6.58. The maximum atomic E-state index is 12.2. The van der Waals surface area contributed by atoms with Gasteiger partial charge in [-0.2, -0.15) is 0 Å². The van der Waals surface area contributed by atoms with E-state index in [-0.39, 0.29) is 11.8 Å². The highest BCUT2D eigenvalue weighted by molar-refractivity contribution is 5.99. The standard InChI is InChI=1S/C19H29N3O2/c20-14-6-11-18(23)21-16-9-4-5-10-17(16)22-19(24)13-12-15-7-2-1-3-8-15/h4-5,9-10,15H,1-3,6-8,11-14,20H2,(H,21,23)(H,22,24). The fourth-order valence-corrected chi connectivity index (χ4v) is 3.20. The van der Waals surface area contributed by atoms with Crippen molar-refractivity contribution in [1.82, 2.24) is 0 Å². The van der Waals surface area contributed by atoms with E-state index in [9.17, 15) is 9.59 Å². The molecule has 1 aliphatic carbocycles. The van der Waals surface area contributed by atoms with Gasteiger partial charge in [-0.15, -0.1) is 0 Å². The van der Waals surface area contributed by atoms with Crippen LogP contribution in [0.4, 0.5) is 11.4 Å². The molecule has 0 bridgehead atoms. The molecule has 2 amide bonds. The molecule has 1 aromatic carbocycles. The fourth-order valence-electron chi connectivity index (χ4n) is 3.20. The van der Waals surface area contributed by atoms with Crippen molar-refractivity contribution in [3.8, 4) is 0 Å². The molecule has 1 fully saturated rings. The SMILES string of the molecule is NCCCC(=O)Nc1ccccc1NC(=O)CCC1CCCCC1. The van der Waals surface area contributed by atoms with E-state index in [0.717, 1.165) is 6.42 Å². The van der Waals surface area contributed by atoms with Gasteiger partial charge in [0.1, 0.15) is 0 Å². The van der Waals surface area contributed by atoms with Crippen LogP contribution in [0.2, 0.25) is 0 Å². The summed E-state index contributed by atoms with van der Waals surface area (Å²) in [5, 5.41) is 5.78. The molecule has 0 spiro atoms. The van der Waals surface area contributed by atoms with E-state index in [0.29, 0.717) is 43.1 Å². The van der Waals surface area contributed by atoms with Gasteiger partial charge in [0.2, 0.25) is 11.8 Å². The molecule has 24 heavy (non-hydrogen) atoms. The number of carbonyl (C=O) groups is 2. The van der Waals surface area contributed by atoms with Gasteiger partial charge in [0, 0.05) is 12.8 Å². The summed E-state index contributed by atoms with van der Waals surface area (Å²) >= 11 is 0. The lowest BCUT2D eigenvalue weighted by Crippen LogP contribution is -2.18. The van der Waals surface area contributed by atoms with Crippen molar-refractivity contribution in [2.45, 2.75) is 57.8 Å². The van der Waals surface area contributed by atoms with Crippen molar-refractivity contribution >= 4 is 23.2 Å². The topological polar surface area (TPSA) is 84.2 Å². The monoisotopic (exact) mass is 331 g/mol. The molecule has 0 saturated heterocycles. The number of rotatable bonds is 8. The summed E-state index contributed by atoms with van der Waals surface area (Å²) in [6.45, 7) is 0.493. The lowest BCUT2D eigenvalue weighted by Gasteiger charge is -2.21. The van der Waals surface area contributed by atoms with Gasteiger partial charge in [-0.05, 0) is 37.4 Å². The Bertz CT molecular complexity index is 539. The Balaban J connectivity index is 1.84. The van der Waals surface area contributed by atoms with Gasteiger partial charge in [-0.3, -0.25) is 9.59 Å². The Hall–Kier alpha value is -1.88. The third-order valence-corrected chi connectivity index (χ3v) is 4.59. The highest BCUT2D eigenvalue weighted by Gasteiger charge is 2.15. The molecule has 0 aliphatic heterocycles. The fraction of sp³-hybridized carbons (Fsp3) is 0.579. The smallest absolute Gasteiger partial charge is 0.224 e. The third kappa shape index (κ3) is 6.32. The van der Waals surface area contributed by atoms with Crippen LogP contribution < -0.4 is 16.4 Å². The van der Waals surface area contributed by atoms with E-state index in [1.165, 1.54) is 32.1 Å². The summed E-state index contributed by atoms with van der Waals surface area (Å²) in [6.07, 6.45) is 8.97. The number of amides is 2. The van der Waals surface area contributed by atoms with Crippen LogP contribution in [0.25, 0.3) is 0 Å². The number of para-hydroxylation sites is 2. The molecule has 132 valence electrons. The number of nitrogens with one attached hydrogen (secondary N) is 2. The number of hydrogen-bond donors (Lipinski definition) is 3. The molecule has 1 aliphatic rings. The Labute approximate surface area is 144 Å². The molecular formula is C19H29N3O2. The number of carbonyl (C=O) groups excluding carboxylic acids is 2. The van der Waals surface area contributed by atoms with Crippen LogP contribution in [0, 0.1) is 5.92 Å². The van der Waals surface area contributed by atoms with E-state index >= 15 is 0 Å². The largest absolute Gasteiger partial charge is 0.330 e. The van der Waals surface area contributed by atoms with Crippen molar-refractivity contribution in [3.05, 3.63) is 24.3 Å². The van der Waals surface area contributed by atoms with Crippen molar-refractivity contribution < 1.29 is 9.59 Å². The van der Waals surface area contributed by atoms with E-state index < -0.39 is 0 Å². The van der Waals surface area contributed by atoms with Crippen molar-refractivity contribution in [3.63, 3.8) is 0 Å². The Kier molecular flexibility index (Phi) is 7.75. The van der Waals surface area contributed by atoms with Crippen LogP contribution in [0.1, 0.15) is 57.8 Å². The van der Waals surface area contributed by atoms with Gasteiger partial charge < -0.3 is 16.4 Å². The van der Waals surface area contributed by atoms with Gasteiger partial charge in [-0.25, -0.2) is 0 Å². The second-order valence-corrected chi connectivity index (χ2v) is 6.58. The van der Waals surface area contributed by atoms with E-state index in [1.807, 2.05) is 18.2 Å². The molecule has 1 aromatic rings. The van der Waals surface area contributed by atoms with Crippen molar-refractivity contribution in [2.24, 2.45) is 11.7 Å². The van der Waals surface area contributed by atoms with Crippen LogP contribution in [0.3, 0.4) is 0 Å². The molecular weight excluding hydrogens is 302 g/mol. The first kappa shape index (κ1) is 18.5. The third-order valence-electron chi connectivity index (χ3n) is 4.59. The first-order valence-corrected chi connectivity index (χ1v) is 9.08. The van der Waals surface area contributed by atoms with Crippen LogP contribution >= 0.6 is 0 Å². The Morgan fingerprint density at radius 3 is 2.12 bits per heavy atom. The predicted molar refractivity (Wildman–Crippen MR) is 97.8 cm³/mol. The summed E-state index contributed by atoms with van der Waals surface area (Å²) in [5.41, 5.74) is 6.73.